The Balaban J connectivity index is 2.63. The Morgan fingerprint density at radius 3 is 2.78 bits per heavy atom. The van der Waals surface area contributed by atoms with Crippen molar-refractivity contribution in [3.63, 3.8) is 0 Å². The zero-order valence-electron chi connectivity index (χ0n) is 12.6. The Morgan fingerprint density at radius 2 is 2.26 bits per heavy atom. The number of halogens is 1. The molecule has 1 fully saturated rings. The summed E-state index contributed by atoms with van der Waals surface area (Å²) in [5.41, 5.74) is 3.06. The van der Waals surface area contributed by atoms with Crippen LogP contribution in [0.3, 0.4) is 0 Å². The van der Waals surface area contributed by atoms with Gasteiger partial charge in [-0.05, 0) is 13.8 Å². The highest BCUT2D eigenvalue weighted by molar-refractivity contribution is 5.27. The topological polar surface area (TPSA) is 131 Å². The summed E-state index contributed by atoms with van der Waals surface area (Å²) >= 11 is 0. The predicted octanol–water partition coefficient (Wildman–Crippen LogP) is -1.85. The molecular formula is C14H18FN3O5. The molecule has 126 valence electrons. The van der Waals surface area contributed by atoms with Crippen LogP contribution in [0, 0.1) is 18.8 Å². The lowest BCUT2D eigenvalue weighted by atomic mass is 9.90. The van der Waals surface area contributed by atoms with Crippen LogP contribution < -0.4 is 17.0 Å². The average Bonchev–Trinajstić information content (AvgIpc) is 2.70. The van der Waals surface area contributed by atoms with Crippen LogP contribution in [0.25, 0.3) is 0 Å². The molecule has 2 rings (SSSR count). The number of H-pyrrole nitrogens is 1. The standard InChI is InChI=1S/C14H18FN3O5/c1-7-6-9(20)17-13(22)18(7)12-14(16,4-3-5-15)11(21)10(23-12)8(2)19/h6,8,10-12,19,21H,5,16H2,1-2H3,(H,17,20,22)/t8-,10?,11?,12+,14+/m0/s1. The van der Waals surface area contributed by atoms with Gasteiger partial charge < -0.3 is 20.7 Å². The number of nitrogens with one attached hydrogen (secondary N) is 1. The average molecular weight is 327 g/mol. The first-order chi connectivity index (χ1) is 10.7. The van der Waals surface area contributed by atoms with Gasteiger partial charge >= 0.3 is 5.69 Å². The van der Waals surface area contributed by atoms with Gasteiger partial charge in [-0.1, -0.05) is 11.8 Å². The number of hydrogen-bond donors (Lipinski definition) is 4. The van der Waals surface area contributed by atoms with Crippen LogP contribution in [-0.4, -0.2) is 50.3 Å². The van der Waals surface area contributed by atoms with Crippen molar-refractivity contribution >= 4 is 0 Å². The van der Waals surface area contributed by atoms with E-state index < -0.39 is 48.0 Å². The van der Waals surface area contributed by atoms with Crippen molar-refractivity contribution in [3.8, 4) is 11.8 Å². The van der Waals surface area contributed by atoms with Crippen molar-refractivity contribution in [2.24, 2.45) is 5.73 Å². The minimum absolute atomic E-state index is 0.221. The summed E-state index contributed by atoms with van der Waals surface area (Å²) in [6, 6.07) is 1.15. The first-order valence-corrected chi connectivity index (χ1v) is 6.91. The number of nitrogens with two attached hydrogens (primary N) is 1. The smallest absolute Gasteiger partial charge is 0.330 e. The number of aliphatic hydroxyl groups is 2. The second-order valence-electron chi connectivity index (χ2n) is 5.46. The van der Waals surface area contributed by atoms with Gasteiger partial charge in [0, 0.05) is 11.8 Å². The van der Waals surface area contributed by atoms with E-state index in [1.54, 1.807) is 0 Å². The maximum Gasteiger partial charge on any atom is 0.330 e. The van der Waals surface area contributed by atoms with E-state index in [1.807, 2.05) is 0 Å². The van der Waals surface area contributed by atoms with Crippen molar-refractivity contribution in [1.82, 2.24) is 9.55 Å². The minimum Gasteiger partial charge on any atom is -0.391 e. The number of nitrogens with zero attached hydrogens (tertiary/aromatic N) is 1. The molecule has 9 heteroatoms. The summed E-state index contributed by atoms with van der Waals surface area (Å²) in [5, 5.41) is 20.1. The highest BCUT2D eigenvalue weighted by Crippen LogP contribution is 2.37. The summed E-state index contributed by atoms with van der Waals surface area (Å²) in [7, 11) is 0. The van der Waals surface area contributed by atoms with Crippen LogP contribution in [0.2, 0.25) is 0 Å². The van der Waals surface area contributed by atoms with Crippen LogP contribution in [0.4, 0.5) is 4.39 Å². The second kappa shape index (κ2) is 6.25. The molecule has 23 heavy (non-hydrogen) atoms. The van der Waals surface area contributed by atoms with E-state index >= 15 is 0 Å². The fourth-order valence-electron chi connectivity index (χ4n) is 2.64. The molecule has 0 aromatic carbocycles. The van der Waals surface area contributed by atoms with Gasteiger partial charge in [0.15, 0.2) is 11.8 Å². The molecule has 0 amide bonds. The first kappa shape index (κ1) is 17.4. The van der Waals surface area contributed by atoms with E-state index in [0.717, 1.165) is 10.6 Å². The van der Waals surface area contributed by atoms with Crippen molar-refractivity contribution in [2.45, 2.75) is 43.9 Å². The van der Waals surface area contributed by atoms with E-state index in [-0.39, 0.29) is 5.69 Å². The van der Waals surface area contributed by atoms with E-state index in [2.05, 4.69) is 16.8 Å². The van der Waals surface area contributed by atoms with Gasteiger partial charge in [-0.25, -0.2) is 9.18 Å². The first-order valence-electron chi connectivity index (χ1n) is 6.91. The molecule has 0 radical (unpaired) electrons. The molecule has 8 nitrogen and oxygen atoms in total. The minimum atomic E-state index is -1.83. The van der Waals surface area contributed by atoms with Gasteiger partial charge in [0.05, 0.1) is 6.10 Å². The van der Waals surface area contributed by atoms with Gasteiger partial charge in [-0.2, -0.15) is 0 Å². The Bertz CT molecular complexity index is 762. The van der Waals surface area contributed by atoms with Crippen LogP contribution in [0.1, 0.15) is 18.8 Å². The predicted molar refractivity (Wildman–Crippen MR) is 78.3 cm³/mol. The second-order valence-corrected chi connectivity index (χ2v) is 5.46. The number of aryl methyl sites for hydroxylation is 1. The van der Waals surface area contributed by atoms with E-state index in [9.17, 15) is 24.2 Å². The number of alkyl halides is 1. The fraction of sp³-hybridized carbons (Fsp3) is 0.571. The lowest BCUT2D eigenvalue weighted by Crippen LogP contribution is -2.56. The maximum atomic E-state index is 12.4. The molecule has 1 saturated heterocycles. The third-order valence-electron chi connectivity index (χ3n) is 3.75. The number of aromatic nitrogens is 2. The van der Waals surface area contributed by atoms with Crippen molar-refractivity contribution in [2.75, 3.05) is 6.67 Å². The molecule has 0 saturated carbocycles. The molecule has 0 aliphatic carbocycles. The zero-order valence-corrected chi connectivity index (χ0v) is 12.6. The van der Waals surface area contributed by atoms with Crippen LogP contribution >= 0.6 is 0 Å². The van der Waals surface area contributed by atoms with Crippen molar-refractivity contribution in [3.05, 3.63) is 32.6 Å². The molecule has 1 aromatic heterocycles. The number of aromatic amines is 1. The Hall–Kier alpha value is -1.99. The van der Waals surface area contributed by atoms with Crippen LogP contribution in [0.15, 0.2) is 15.7 Å². The quantitative estimate of drug-likeness (QED) is 0.472. The number of hydrogen-bond acceptors (Lipinski definition) is 6. The largest absolute Gasteiger partial charge is 0.391 e. The molecule has 0 spiro atoms. The van der Waals surface area contributed by atoms with Gasteiger partial charge in [0.25, 0.3) is 5.56 Å². The summed E-state index contributed by atoms with van der Waals surface area (Å²) in [5.74, 6) is 4.49. The molecule has 1 aromatic rings. The lowest BCUT2D eigenvalue weighted by Gasteiger charge is -2.29. The van der Waals surface area contributed by atoms with Crippen molar-refractivity contribution in [1.29, 1.82) is 0 Å². The molecule has 1 aliphatic rings. The molecule has 5 N–H and O–H groups in total. The fourth-order valence-corrected chi connectivity index (χ4v) is 2.64. The summed E-state index contributed by atoms with van der Waals surface area (Å²) in [6.07, 6.45) is -5.01. The number of aliphatic hydroxyl groups excluding tert-OH is 2. The van der Waals surface area contributed by atoms with Crippen LogP contribution in [-0.2, 0) is 4.74 Å². The molecule has 5 atom stereocenters. The highest BCUT2D eigenvalue weighted by Gasteiger charge is 2.56. The third kappa shape index (κ3) is 2.94. The van der Waals surface area contributed by atoms with E-state index in [0.29, 0.717) is 0 Å². The number of ether oxygens (including phenoxy) is 1. The van der Waals surface area contributed by atoms with Gasteiger partial charge in [-0.3, -0.25) is 14.3 Å². The monoisotopic (exact) mass is 327 g/mol. The molecular weight excluding hydrogens is 309 g/mol. The van der Waals surface area contributed by atoms with Gasteiger partial charge in [0.1, 0.15) is 18.9 Å². The molecule has 0 bridgehead atoms. The lowest BCUT2D eigenvalue weighted by molar-refractivity contribution is -0.0784. The zero-order chi connectivity index (χ0) is 17.4. The maximum absolute atomic E-state index is 12.4. The molecule has 2 unspecified atom stereocenters. The van der Waals surface area contributed by atoms with E-state index in [1.165, 1.54) is 13.8 Å². The molecule has 1 aliphatic heterocycles. The summed E-state index contributed by atoms with van der Waals surface area (Å²) in [6.45, 7) is 1.85. The highest BCUT2D eigenvalue weighted by atomic mass is 19.1. The van der Waals surface area contributed by atoms with Crippen molar-refractivity contribution < 1.29 is 19.3 Å². The normalized spacial score (nSPS) is 31.5. The van der Waals surface area contributed by atoms with Crippen LogP contribution in [0.5, 0.6) is 0 Å². The SMILES string of the molecule is Cc1cc(=O)[nH]c(=O)n1[C@@H]1OC([C@H](C)O)C(O)[C@]1(N)C#CCF. The third-order valence-corrected chi connectivity index (χ3v) is 3.75. The summed E-state index contributed by atoms with van der Waals surface area (Å²) < 4.78 is 19.0. The Labute approximate surface area is 130 Å². The Morgan fingerprint density at radius 1 is 1.61 bits per heavy atom. The number of rotatable bonds is 2. The van der Waals surface area contributed by atoms with E-state index in [4.69, 9.17) is 10.5 Å². The summed E-state index contributed by atoms with van der Waals surface area (Å²) in [4.78, 5) is 25.5. The van der Waals surface area contributed by atoms with Gasteiger partial charge in [0.2, 0.25) is 0 Å². The van der Waals surface area contributed by atoms with Gasteiger partial charge in [-0.15, -0.1) is 0 Å². The Kier molecular flexibility index (Phi) is 4.72. The molecule has 2 heterocycles.